The van der Waals surface area contributed by atoms with E-state index in [2.05, 4.69) is 15.6 Å². The van der Waals surface area contributed by atoms with Crippen LogP contribution in [0.3, 0.4) is 0 Å². The fourth-order valence-electron chi connectivity index (χ4n) is 2.56. The number of benzene rings is 1. The van der Waals surface area contributed by atoms with E-state index in [1.807, 2.05) is 18.2 Å². The lowest BCUT2D eigenvalue weighted by Crippen LogP contribution is -2.32. The number of anilines is 1. The Hall–Kier alpha value is -1.99. The number of ether oxygens (including phenoxy) is 1. The fraction of sp³-hybridized carbons (Fsp3) is 0.438. The average molecular weight is 333 g/mol. The van der Waals surface area contributed by atoms with Crippen LogP contribution in [0, 0.1) is 0 Å². The van der Waals surface area contributed by atoms with Crippen LogP contribution in [0.4, 0.5) is 5.13 Å². The molecule has 23 heavy (non-hydrogen) atoms. The van der Waals surface area contributed by atoms with Crippen LogP contribution in [0.15, 0.2) is 18.2 Å². The van der Waals surface area contributed by atoms with E-state index in [0.717, 1.165) is 35.2 Å². The van der Waals surface area contributed by atoms with Crippen molar-refractivity contribution >= 4 is 38.5 Å². The maximum absolute atomic E-state index is 12.0. The summed E-state index contributed by atoms with van der Waals surface area (Å²) < 4.78 is 6.45. The second-order valence-electron chi connectivity index (χ2n) is 5.62. The molecular formula is C16H19N3O3S. The van der Waals surface area contributed by atoms with Crippen molar-refractivity contribution in [1.29, 1.82) is 0 Å². The molecule has 1 aromatic carbocycles. The molecule has 1 atom stereocenters. The van der Waals surface area contributed by atoms with Gasteiger partial charge in [-0.1, -0.05) is 17.4 Å². The third kappa shape index (κ3) is 4.27. The molecule has 7 heteroatoms. The molecule has 2 N–H and O–H groups in total. The number of nitrogens with one attached hydrogen (secondary N) is 2. The summed E-state index contributed by atoms with van der Waals surface area (Å²) in [5, 5.41) is 6.18. The molecule has 0 spiro atoms. The summed E-state index contributed by atoms with van der Waals surface area (Å²) in [5.74, 6) is -0.149. The van der Waals surface area contributed by atoms with E-state index in [4.69, 9.17) is 4.74 Å². The van der Waals surface area contributed by atoms with E-state index in [0.29, 0.717) is 18.1 Å². The van der Waals surface area contributed by atoms with Gasteiger partial charge in [-0.2, -0.15) is 0 Å². The molecule has 6 nitrogen and oxygen atoms in total. The zero-order chi connectivity index (χ0) is 16.2. The Kier molecular flexibility index (Phi) is 4.88. The number of rotatable bonds is 5. The molecule has 0 aliphatic carbocycles. The molecule has 1 fully saturated rings. The van der Waals surface area contributed by atoms with Gasteiger partial charge in [0.2, 0.25) is 11.8 Å². The largest absolute Gasteiger partial charge is 0.376 e. The summed E-state index contributed by atoms with van der Waals surface area (Å²) >= 11 is 1.41. The summed E-state index contributed by atoms with van der Waals surface area (Å²) in [6, 6.07) is 5.72. The summed E-state index contributed by atoms with van der Waals surface area (Å²) in [6.07, 6.45) is 2.57. The minimum Gasteiger partial charge on any atom is -0.376 e. The number of aromatic nitrogens is 1. The number of amides is 2. The molecule has 1 aliphatic rings. The van der Waals surface area contributed by atoms with Gasteiger partial charge in [0.1, 0.15) is 0 Å². The second-order valence-corrected chi connectivity index (χ2v) is 6.65. The molecule has 0 saturated carbocycles. The van der Waals surface area contributed by atoms with Crippen LogP contribution in [-0.4, -0.2) is 36.1 Å². The Labute approximate surface area is 138 Å². The number of carbonyl (C=O) groups excluding carboxylic acids is 2. The van der Waals surface area contributed by atoms with Gasteiger partial charge >= 0.3 is 0 Å². The van der Waals surface area contributed by atoms with Gasteiger partial charge in [-0.05, 0) is 30.5 Å². The van der Waals surface area contributed by atoms with Gasteiger partial charge in [0.25, 0.3) is 0 Å². The predicted molar refractivity (Wildman–Crippen MR) is 89.6 cm³/mol. The number of nitrogens with zero attached hydrogens (tertiary/aromatic N) is 1. The van der Waals surface area contributed by atoms with Crippen LogP contribution in [0.1, 0.15) is 25.3 Å². The molecule has 1 unspecified atom stereocenters. The Morgan fingerprint density at radius 2 is 2.30 bits per heavy atom. The van der Waals surface area contributed by atoms with Gasteiger partial charge < -0.3 is 15.4 Å². The van der Waals surface area contributed by atoms with Crippen LogP contribution >= 0.6 is 11.3 Å². The van der Waals surface area contributed by atoms with Crippen molar-refractivity contribution in [3.8, 4) is 0 Å². The SMILES string of the molecule is CC(=O)Nc1nc2ccc(CC(=O)NCC3CCCO3)cc2s1. The van der Waals surface area contributed by atoms with Gasteiger partial charge in [-0.15, -0.1) is 0 Å². The van der Waals surface area contributed by atoms with Crippen LogP contribution in [0.2, 0.25) is 0 Å². The molecule has 3 rings (SSSR count). The Bertz CT molecular complexity index is 722. The number of thiazole rings is 1. The number of hydrogen-bond acceptors (Lipinski definition) is 5. The molecular weight excluding hydrogens is 314 g/mol. The number of fused-ring (bicyclic) bond motifs is 1. The normalized spacial score (nSPS) is 17.3. The first-order valence-corrected chi connectivity index (χ1v) is 8.47. The van der Waals surface area contributed by atoms with Gasteiger partial charge in [0, 0.05) is 20.1 Å². The van der Waals surface area contributed by atoms with Crippen molar-refractivity contribution < 1.29 is 14.3 Å². The number of hydrogen-bond donors (Lipinski definition) is 2. The van der Waals surface area contributed by atoms with Gasteiger partial charge in [0.15, 0.2) is 5.13 Å². The van der Waals surface area contributed by atoms with Crippen molar-refractivity contribution in [3.63, 3.8) is 0 Å². The lowest BCUT2D eigenvalue weighted by Gasteiger charge is -2.10. The third-order valence-electron chi connectivity index (χ3n) is 3.65. The monoisotopic (exact) mass is 333 g/mol. The second kappa shape index (κ2) is 7.06. The molecule has 2 aromatic rings. The van der Waals surface area contributed by atoms with E-state index in [-0.39, 0.29) is 17.9 Å². The summed E-state index contributed by atoms with van der Waals surface area (Å²) in [5.41, 5.74) is 1.75. The Morgan fingerprint density at radius 1 is 1.43 bits per heavy atom. The van der Waals surface area contributed by atoms with Crippen molar-refractivity contribution in [2.75, 3.05) is 18.5 Å². The van der Waals surface area contributed by atoms with Crippen LogP contribution in [0.25, 0.3) is 10.2 Å². The zero-order valence-corrected chi connectivity index (χ0v) is 13.7. The van der Waals surface area contributed by atoms with E-state index in [1.165, 1.54) is 18.3 Å². The summed E-state index contributed by atoms with van der Waals surface area (Å²) in [4.78, 5) is 27.4. The van der Waals surface area contributed by atoms with Gasteiger partial charge in [0.05, 0.1) is 22.7 Å². The first-order valence-electron chi connectivity index (χ1n) is 7.65. The van der Waals surface area contributed by atoms with Crippen LogP contribution in [0.5, 0.6) is 0 Å². The minimum atomic E-state index is -0.141. The minimum absolute atomic E-state index is 0.00792. The molecule has 1 saturated heterocycles. The van der Waals surface area contributed by atoms with Gasteiger partial charge in [-0.25, -0.2) is 4.98 Å². The highest BCUT2D eigenvalue weighted by molar-refractivity contribution is 7.22. The zero-order valence-electron chi connectivity index (χ0n) is 12.9. The van der Waals surface area contributed by atoms with Crippen LogP contribution in [-0.2, 0) is 20.7 Å². The first-order chi connectivity index (χ1) is 11.1. The molecule has 1 aliphatic heterocycles. The fourth-order valence-corrected chi connectivity index (χ4v) is 3.54. The lowest BCUT2D eigenvalue weighted by atomic mass is 10.1. The molecule has 0 bridgehead atoms. The van der Waals surface area contributed by atoms with Crippen LogP contribution < -0.4 is 10.6 Å². The van der Waals surface area contributed by atoms with Crippen molar-refractivity contribution in [2.24, 2.45) is 0 Å². The smallest absolute Gasteiger partial charge is 0.224 e. The molecule has 0 radical (unpaired) electrons. The topological polar surface area (TPSA) is 80.3 Å². The van der Waals surface area contributed by atoms with E-state index < -0.39 is 0 Å². The van der Waals surface area contributed by atoms with E-state index in [9.17, 15) is 9.59 Å². The Morgan fingerprint density at radius 3 is 3.04 bits per heavy atom. The number of carbonyl (C=O) groups is 2. The third-order valence-corrected chi connectivity index (χ3v) is 4.58. The van der Waals surface area contributed by atoms with E-state index in [1.54, 1.807) is 0 Å². The van der Waals surface area contributed by atoms with Crippen molar-refractivity contribution in [2.45, 2.75) is 32.3 Å². The van der Waals surface area contributed by atoms with E-state index >= 15 is 0 Å². The maximum atomic E-state index is 12.0. The average Bonchev–Trinajstić information content (AvgIpc) is 3.12. The first kappa shape index (κ1) is 15.9. The molecule has 2 heterocycles. The predicted octanol–water partition coefficient (Wildman–Crippen LogP) is 2.09. The van der Waals surface area contributed by atoms with Crippen molar-refractivity contribution in [1.82, 2.24) is 10.3 Å². The highest BCUT2D eigenvalue weighted by Gasteiger charge is 2.16. The quantitative estimate of drug-likeness (QED) is 0.878. The maximum Gasteiger partial charge on any atom is 0.224 e. The standard InChI is InChI=1S/C16H19N3O3S/c1-10(20)18-16-19-13-5-4-11(7-14(13)23-16)8-15(21)17-9-12-3-2-6-22-12/h4-5,7,12H,2-3,6,8-9H2,1H3,(H,17,21)(H,18,19,20). The van der Waals surface area contributed by atoms with Gasteiger partial charge in [-0.3, -0.25) is 9.59 Å². The Balaban J connectivity index is 1.60. The van der Waals surface area contributed by atoms with Crippen molar-refractivity contribution in [3.05, 3.63) is 23.8 Å². The summed E-state index contributed by atoms with van der Waals surface area (Å²) in [7, 11) is 0. The highest BCUT2D eigenvalue weighted by atomic mass is 32.1. The molecule has 1 aromatic heterocycles. The lowest BCUT2D eigenvalue weighted by molar-refractivity contribution is -0.121. The highest BCUT2D eigenvalue weighted by Crippen LogP contribution is 2.26. The molecule has 122 valence electrons. The molecule has 2 amide bonds. The summed E-state index contributed by atoms with van der Waals surface area (Å²) in [6.45, 7) is 2.82.